The SMILES string of the molecule is CN[C@@H]1CCCn2nc(C(=O)Nc3cccc(-c4cccc(NC(=O)c5ccc(CN6CC[C@@H](O)C6)cn5)c4Cl)c3Cl)cc21. The maximum Gasteiger partial charge on any atom is 0.276 e. The Hall–Kier alpha value is -3.80. The molecule has 0 bridgehead atoms. The van der Waals surface area contributed by atoms with Crippen molar-refractivity contribution in [3.05, 3.63) is 93.5 Å². The van der Waals surface area contributed by atoms with E-state index in [-0.39, 0.29) is 23.7 Å². The maximum absolute atomic E-state index is 13.2. The van der Waals surface area contributed by atoms with Gasteiger partial charge in [-0.25, -0.2) is 0 Å². The summed E-state index contributed by atoms with van der Waals surface area (Å²) >= 11 is 13.6. The van der Waals surface area contributed by atoms with Crippen LogP contribution in [0.5, 0.6) is 0 Å². The Labute approximate surface area is 265 Å². The average Bonchev–Trinajstić information content (AvgIpc) is 3.65. The molecule has 1 fully saturated rings. The molecule has 0 spiro atoms. The van der Waals surface area contributed by atoms with Gasteiger partial charge in [0.25, 0.3) is 11.8 Å². The van der Waals surface area contributed by atoms with Gasteiger partial charge in [0, 0.05) is 49.5 Å². The maximum atomic E-state index is 13.2. The highest BCUT2D eigenvalue weighted by molar-refractivity contribution is 6.40. The van der Waals surface area contributed by atoms with Crippen molar-refractivity contribution >= 4 is 46.4 Å². The summed E-state index contributed by atoms with van der Waals surface area (Å²) in [6.07, 6.45) is 4.14. The van der Waals surface area contributed by atoms with Crippen LogP contribution in [0.3, 0.4) is 0 Å². The van der Waals surface area contributed by atoms with Crippen molar-refractivity contribution in [2.75, 3.05) is 30.8 Å². The van der Waals surface area contributed by atoms with Gasteiger partial charge in [-0.2, -0.15) is 5.10 Å². The van der Waals surface area contributed by atoms with E-state index in [1.807, 2.05) is 23.9 Å². The fourth-order valence-electron chi connectivity index (χ4n) is 5.80. The van der Waals surface area contributed by atoms with Gasteiger partial charge in [0.15, 0.2) is 5.69 Å². The van der Waals surface area contributed by atoms with Crippen LogP contribution >= 0.6 is 23.2 Å². The average molecular weight is 635 g/mol. The lowest BCUT2D eigenvalue weighted by atomic mass is 10.0. The van der Waals surface area contributed by atoms with E-state index in [1.54, 1.807) is 48.7 Å². The second-order valence-corrected chi connectivity index (χ2v) is 11.9. The highest BCUT2D eigenvalue weighted by Crippen LogP contribution is 2.40. The van der Waals surface area contributed by atoms with Gasteiger partial charge in [-0.3, -0.25) is 24.2 Å². The molecule has 2 aromatic heterocycles. The third-order valence-electron chi connectivity index (χ3n) is 8.11. The number of likely N-dealkylation sites (tertiary alicyclic amines) is 1. The summed E-state index contributed by atoms with van der Waals surface area (Å²) in [5.74, 6) is -0.757. The highest BCUT2D eigenvalue weighted by Gasteiger charge is 2.25. The molecular formula is C32H33Cl2N7O3. The van der Waals surface area contributed by atoms with Crippen LogP contribution in [0.1, 0.15) is 57.5 Å². The van der Waals surface area contributed by atoms with Crippen molar-refractivity contribution in [2.24, 2.45) is 0 Å². The van der Waals surface area contributed by atoms with E-state index >= 15 is 0 Å². The number of anilines is 2. The standard InChI is InChI=1S/C32H33Cl2N7O3/c1-35-23-9-4-13-41-28(23)15-27(39-41)32(44)38-25-8-3-6-22(30(25)34)21-5-2-7-24(29(21)33)37-31(43)26-11-10-19(16-36-26)17-40-14-12-20(42)18-40/h2-3,5-8,10-11,15-16,20,23,35,42H,4,9,12-14,17-18H2,1H3,(H,37,43)(H,38,44)/t20-,23-/m1/s1. The molecule has 0 unspecified atom stereocenters. The molecule has 4 heterocycles. The Balaban J connectivity index is 1.16. The molecule has 4 aromatic rings. The normalized spacial score (nSPS) is 18.2. The Morgan fingerprint density at radius 3 is 2.20 bits per heavy atom. The molecule has 10 nitrogen and oxygen atoms in total. The van der Waals surface area contributed by atoms with E-state index in [2.05, 4.69) is 30.9 Å². The Bertz CT molecular complexity index is 1690. The van der Waals surface area contributed by atoms with Crippen LogP contribution in [0.25, 0.3) is 11.1 Å². The molecule has 2 aromatic carbocycles. The summed E-state index contributed by atoms with van der Waals surface area (Å²) in [6, 6.07) is 16.1. The van der Waals surface area contributed by atoms with Gasteiger partial charge in [-0.05, 0) is 56.1 Å². The number of amides is 2. The van der Waals surface area contributed by atoms with Crippen molar-refractivity contribution in [3.63, 3.8) is 0 Å². The third-order valence-corrected chi connectivity index (χ3v) is 8.92. The van der Waals surface area contributed by atoms with Crippen molar-refractivity contribution in [1.82, 2.24) is 25.0 Å². The summed E-state index contributed by atoms with van der Waals surface area (Å²) < 4.78 is 1.88. The van der Waals surface area contributed by atoms with Gasteiger partial charge in [0.05, 0.1) is 33.2 Å². The minimum atomic E-state index is -0.400. The molecule has 12 heteroatoms. The number of fused-ring (bicyclic) bond motifs is 1. The Morgan fingerprint density at radius 2 is 1.61 bits per heavy atom. The smallest absolute Gasteiger partial charge is 0.276 e. The number of benzene rings is 2. The first kappa shape index (κ1) is 30.2. The quantitative estimate of drug-likeness (QED) is 0.205. The van der Waals surface area contributed by atoms with E-state index in [4.69, 9.17) is 23.2 Å². The molecule has 44 heavy (non-hydrogen) atoms. The predicted molar refractivity (Wildman–Crippen MR) is 171 cm³/mol. The van der Waals surface area contributed by atoms with Crippen LogP contribution in [0.4, 0.5) is 11.4 Å². The molecule has 1 saturated heterocycles. The van der Waals surface area contributed by atoms with Crippen molar-refractivity contribution < 1.29 is 14.7 Å². The number of carbonyl (C=O) groups excluding carboxylic acids is 2. The largest absolute Gasteiger partial charge is 0.392 e. The summed E-state index contributed by atoms with van der Waals surface area (Å²) in [5, 5.41) is 23.9. The number of rotatable bonds is 8. The fourth-order valence-corrected chi connectivity index (χ4v) is 6.35. The zero-order chi connectivity index (χ0) is 30.8. The predicted octanol–water partition coefficient (Wildman–Crippen LogP) is 5.38. The summed E-state index contributed by atoms with van der Waals surface area (Å²) in [5.41, 5.74) is 4.54. The number of aryl methyl sites for hydroxylation is 1. The number of aliphatic hydroxyl groups is 1. The van der Waals surface area contributed by atoms with Crippen LogP contribution in [-0.2, 0) is 13.1 Å². The third kappa shape index (κ3) is 6.36. The molecule has 2 amide bonds. The molecular weight excluding hydrogens is 601 g/mol. The first-order valence-electron chi connectivity index (χ1n) is 14.6. The molecule has 6 rings (SSSR count). The first-order chi connectivity index (χ1) is 21.3. The van der Waals surface area contributed by atoms with Crippen LogP contribution in [0.15, 0.2) is 60.8 Å². The number of nitrogens with one attached hydrogen (secondary N) is 3. The Kier molecular flexibility index (Phi) is 8.97. The van der Waals surface area contributed by atoms with Gasteiger partial charge in [0.1, 0.15) is 5.69 Å². The van der Waals surface area contributed by atoms with Crippen molar-refractivity contribution in [2.45, 2.75) is 44.5 Å². The van der Waals surface area contributed by atoms with E-state index in [1.165, 1.54) is 0 Å². The second-order valence-electron chi connectivity index (χ2n) is 11.1. The molecule has 0 saturated carbocycles. The van der Waals surface area contributed by atoms with E-state index < -0.39 is 5.91 Å². The van der Waals surface area contributed by atoms with Crippen molar-refractivity contribution in [3.8, 4) is 11.1 Å². The number of aromatic nitrogens is 3. The van der Waals surface area contributed by atoms with Crippen LogP contribution in [0.2, 0.25) is 10.0 Å². The zero-order valence-corrected chi connectivity index (χ0v) is 25.7. The monoisotopic (exact) mass is 633 g/mol. The number of pyridine rings is 1. The van der Waals surface area contributed by atoms with E-state index in [0.717, 1.165) is 43.6 Å². The molecule has 228 valence electrons. The van der Waals surface area contributed by atoms with Crippen LogP contribution < -0.4 is 16.0 Å². The fraction of sp³-hybridized carbons (Fsp3) is 0.312. The lowest BCUT2D eigenvalue weighted by Crippen LogP contribution is -2.24. The zero-order valence-electron chi connectivity index (χ0n) is 24.2. The lowest BCUT2D eigenvalue weighted by molar-refractivity contribution is 0.101. The summed E-state index contributed by atoms with van der Waals surface area (Å²) in [7, 11) is 1.90. The first-order valence-corrected chi connectivity index (χ1v) is 15.4. The Morgan fingerprint density at radius 1 is 0.932 bits per heavy atom. The number of hydrogen-bond acceptors (Lipinski definition) is 7. The van der Waals surface area contributed by atoms with Gasteiger partial charge in [0.2, 0.25) is 0 Å². The van der Waals surface area contributed by atoms with E-state index in [9.17, 15) is 14.7 Å². The molecule has 0 aliphatic carbocycles. The van der Waals surface area contributed by atoms with Crippen LogP contribution in [0, 0.1) is 0 Å². The van der Waals surface area contributed by atoms with Gasteiger partial charge in [-0.15, -0.1) is 0 Å². The molecule has 0 radical (unpaired) electrons. The topological polar surface area (TPSA) is 124 Å². The number of hydrogen-bond donors (Lipinski definition) is 4. The summed E-state index contributed by atoms with van der Waals surface area (Å²) in [6.45, 7) is 2.91. The van der Waals surface area contributed by atoms with Gasteiger partial charge >= 0.3 is 0 Å². The molecule has 2 aliphatic heterocycles. The number of aliphatic hydroxyl groups excluding tert-OH is 1. The summed E-state index contributed by atoms with van der Waals surface area (Å²) in [4.78, 5) is 32.7. The molecule has 2 aliphatic rings. The minimum absolute atomic E-state index is 0.158. The highest BCUT2D eigenvalue weighted by atomic mass is 35.5. The lowest BCUT2D eigenvalue weighted by Gasteiger charge is -2.22. The second kappa shape index (κ2) is 13.1. The van der Waals surface area contributed by atoms with E-state index in [0.29, 0.717) is 51.3 Å². The minimum Gasteiger partial charge on any atom is -0.392 e. The molecule has 2 atom stereocenters. The molecule has 4 N–H and O–H groups in total. The van der Waals surface area contributed by atoms with Gasteiger partial charge < -0.3 is 21.1 Å². The van der Waals surface area contributed by atoms with Crippen LogP contribution in [-0.4, -0.2) is 62.8 Å². The number of carbonyl (C=O) groups is 2. The number of nitrogens with zero attached hydrogens (tertiary/aromatic N) is 4. The van der Waals surface area contributed by atoms with Gasteiger partial charge in [-0.1, -0.05) is 53.5 Å². The number of halogens is 2. The number of β-amino-alcohol motifs (C(OH)–C–C–N with tert-alkyl or cyclic N) is 1. The van der Waals surface area contributed by atoms with Crippen molar-refractivity contribution in [1.29, 1.82) is 0 Å².